The van der Waals surface area contributed by atoms with Crippen molar-refractivity contribution in [1.29, 1.82) is 0 Å². The molecule has 0 bridgehead atoms. The van der Waals surface area contributed by atoms with Crippen LogP contribution in [0.1, 0.15) is 40.0 Å². The molecule has 1 aliphatic rings. The fourth-order valence-corrected chi connectivity index (χ4v) is 1.67. The molecule has 0 saturated heterocycles. The third-order valence-corrected chi connectivity index (χ3v) is 3.51. The molecule has 0 aromatic rings. The molecule has 72 valence electrons. The van der Waals surface area contributed by atoms with Gasteiger partial charge >= 0.3 is 0 Å². The molecule has 3 N–H and O–H groups in total. The van der Waals surface area contributed by atoms with E-state index in [1.807, 2.05) is 0 Å². The predicted octanol–water partition coefficient (Wildman–Crippen LogP) is 1.50. The summed E-state index contributed by atoms with van der Waals surface area (Å²) in [6, 6.07) is 0. The first kappa shape index (κ1) is 10.0. The molecule has 0 spiro atoms. The Bertz CT molecular complexity index is 152. The summed E-state index contributed by atoms with van der Waals surface area (Å²) in [4.78, 5) is 0. The lowest BCUT2D eigenvalue weighted by Crippen LogP contribution is -2.54. The highest BCUT2D eigenvalue weighted by atomic mass is 15.0. The number of rotatable bonds is 5. The van der Waals surface area contributed by atoms with Gasteiger partial charge in [0.1, 0.15) is 0 Å². The van der Waals surface area contributed by atoms with Crippen LogP contribution in [0.5, 0.6) is 0 Å². The van der Waals surface area contributed by atoms with Gasteiger partial charge < -0.3 is 11.1 Å². The summed E-state index contributed by atoms with van der Waals surface area (Å²) in [7, 11) is 0. The minimum Gasteiger partial charge on any atom is -0.329 e. The Morgan fingerprint density at radius 1 is 1.50 bits per heavy atom. The number of hydrogen-bond acceptors (Lipinski definition) is 2. The molecule has 2 heteroatoms. The van der Waals surface area contributed by atoms with Crippen molar-refractivity contribution in [3.63, 3.8) is 0 Å². The second-order valence-electron chi connectivity index (χ2n) is 4.52. The zero-order valence-electron chi connectivity index (χ0n) is 8.61. The summed E-state index contributed by atoms with van der Waals surface area (Å²) >= 11 is 0. The average Bonchev–Trinajstić information content (AvgIpc) is 2.81. The maximum absolute atomic E-state index is 5.81. The standard InChI is InChI=1S/C10H22N2/c1-4-7-12-10(3,8-11)9(2)5-6-9/h12H,4-8,11H2,1-3H3. The van der Waals surface area contributed by atoms with Crippen molar-refractivity contribution in [3.05, 3.63) is 0 Å². The Morgan fingerprint density at radius 3 is 2.42 bits per heavy atom. The molecule has 1 aliphatic carbocycles. The summed E-state index contributed by atoms with van der Waals surface area (Å²) in [6.07, 6.45) is 3.85. The van der Waals surface area contributed by atoms with Gasteiger partial charge in [0.2, 0.25) is 0 Å². The number of hydrogen-bond donors (Lipinski definition) is 2. The van der Waals surface area contributed by atoms with Crippen LogP contribution in [0.15, 0.2) is 0 Å². The lowest BCUT2D eigenvalue weighted by molar-refractivity contribution is 0.233. The van der Waals surface area contributed by atoms with Gasteiger partial charge in [-0.05, 0) is 38.1 Å². The molecule has 0 aromatic carbocycles. The molecule has 1 atom stereocenters. The van der Waals surface area contributed by atoms with Crippen molar-refractivity contribution < 1.29 is 0 Å². The van der Waals surface area contributed by atoms with Gasteiger partial charge in [0, 0.05) is 12.1 Å². The predicted molar refractivity (Wildman–Crippen MR) is 53.1 cm³/mol. The molecule has 0 aliphatic heterocycles. The molecule has 1 fully saturated rings. The summed E-state index contributed by atoms with van der Waals surface area (Å²) in [5, 5.41) is 3.57. The molecular weight excluding hydrogens is 148 g/mol. The zero-order chi connectivity index (χ0) is 9.24. The van der Waals surface area contributed by atoms with E-state index in [0.29, 0.717) is 5.41 Å². The molecule has 0 heterocycles. The minimum absolute atomic E-state index is 0.170. The van der Waals surface area contributed by atoms with Crippen molar-refractivity contribution >= 4 is 0 Å². The number of nitrogens with one attached hydrogen (secondary N) is 1. The average molecular weight is 170 g/mol. The van der Waals surface area contributed by atoms with E-state index < -0.39 is 0 Å². The van der Waals surface area contributed by atoms with E-state index in [-0.39, 0.29) is 5.54 Å². The van der Waals surface area contributed by atoms with Crippen LogP contribution in [0.25, 0.3) is 0 Å². The van der Waals surface area contributed by atoms with Crippen molar-refractivity contribution in [2.75, 3.05) is 13.1 Å². The van der Waals surface area contributed by atoms with Crippen LogP contribution in [0.4, 0.5) is 0 Å². The fraction of sp³-hybridized carbons (Fsp3) is 1.00. The Balaban J connectivity index is 2.50. The highest BCUT2D eigenvalue weighted by Gasteiger charge is 2.51. The minimum atomic E-state index is 0.170. The summed E-state index contributed by atoms with van der Waals surface area (Å²) < 4.78 is 0. The molecule has 1 rings (SSSR count). The molecular formula is C10H22N2. The zero-order valence-corrected chi connectivity index (χ0v) is 8.61. The SMILES string of the molecule is CCCNC(C)(CN)C1(C)CC1. The second kappa shape index (κ2) is 3.35. The van der Waals surface area contributed by atoms with E-state index in [0.717, 1.165) is 13.1 Å². The van der Waals surface area contributed by atoms with E-state index in [1.165, 1.54) is 19.3 Å². The maximum atomic E-state index is 5.81. The van der Waals surface area contributed by atoms with E-state index >= 15 is 0 Å². The highest BCUT2D eigenvalue weighted by molar-refractivity contribution is 5.08. The third-order valence-electron chi connectivity index (χ3n) is 3.51. The first-order chi connectivity index (χ1) is 5.58. The largest absolute Gasteiger partial charge is 0.329 e. The van der Waals surface area contributed by atoms with Crippen LogP contribution in [-0.4, -0.2) is 18.6 Å². The van der Waals surface area contributed by atoms with Crippen molar-refractivity contribution in [2.45, 2.75) is 45.6 Å². The monoisotopic (exact) mass is 170 g/mol. The van der Waals surface area contributed by atoms with E-state index in [2.05, 4.69) is 26.1 Å². The normalized spacial score (nSPS) is 25.0. The quantitative estimate of drug-likeness (QED) is 0.656. The maximum Gasteiger partial charge on any atom is 0.0329 e. The first-order valence-electron chi connectivity index (χ1n) is 5.03. The molecule has 0 radical (unpaired) electrons. The van der Waals surface area contributed by atoms with Gasteiger partial charge in [0.05, 0.1) is 0 Å². The lowest BCUT2D eigenvalue weighted by atomic mass is 9.84. The van der Waals surface area contributed by atoms with Crippen LogP contribution >= 0.6 is 0 Å². The summed E-state index contributed by atoms with van der Waals surface area (Å²) in [5.41, 5.74) is 6.45. The van der Waals surface area contributed by atoms with Crippen molar-refractivity contribution in [1.82, 2.24) is 5.32 Å². The van der Waals surface area contributed by atoms with Crippen molar-refractivity contribution in [2.24, 2.45) is 11.1 Å². The van der Waals surface area contributed by atoms with Crippen LogP contribution in [0, 0.1) is 5.41 Å². The van der Waals surface area contributed by atoms with E-state index in [1.54, 1.807) is 0 Å². The second-order valence-corrected chi connectivity index (χ2v) is 4.52. The van der Waals surface area contributed by atoms with Gasteiger partial charge in [0.15, 0.2) is 0 Å². The Morgan fingerprint density at radius 2 is 2.08 bits per heavy atom. The first-order valence-corrected chi connectivity index (χ1v) is 5.03. The molecule has 12 heavy (non-hydrogen) atoms. The summed E-state index contributed by atoms with van der Waals surface area (Å²) in [6.45, 7) is 8.63. The Hall–Kier alpha value is -0.0800. The van der Waals surface area contributed by atoms with Crippen LogP contribution in [-0.2, 0) is 0 Å². The topological polar surface area (TPSA) is 38.0 Å². The Labute approximate surface area is 75.9 Å². The van der Waals surface area contributed by atoms with Crippen LogP contribution < -0.4 is 11.1 Å². The van der Waals surface area contributed by atoms with Crippen LogP contribution in [0.3, 0.4) is 0 Å². The lowest BCUT2D eigenvalue weighted by Gasteiger charge is -2.36. The summed E-state index contributed by atoms with van der Waals surface area (Å²) in [5.74, 6) is 0. The molecule has 0 aromatic heterocycles. The molecule has 1 unspecified atom stereocenters. The molecule has 2 nitrogen and oxygen atoms in total. The van der Waals surface area contributed by atoms with Gasteiger partial charge in [-0.25, -0.2) is 0 Å². The van der Waals surface area contributed by atoms with Gasteiger partial charge in [-0.1, -0.05) is 13.8 Å². The Kier molecular flexibility index (Phi) is 2.79. The van der Waals surface area contributed by atoms with Gasteiger partial charge in [-0.15, -0.1) is 0 Å². The van der Waals surface area contributed by atoms with Gasteiger partial charge in [0.25, 0.3) is 0 Å². The third kappa shape index (κ3) is 1.64. The number of nitrogens with two attached hydrogens (primary N) is 1. The highest BCUT2D eigenvalue weighted by Crippen LogP contribution is 2.53. The van der Waals surface area contributed by atoms with Gasteiger partial charge in [-0.2, -0.15) is 0 Å². The molecule has 1 saturated carbocycles. The van der Waals surface area contributed by atoms with E-state index in [9.17, 15) is 0 Å². The van der Waals surface area contributed by atoms with Gasteiger partial charge in [-0.3, -0.25) is 0 Å². The van der Waals surface area contributed by atoms with E-state index in [4.69, 9.17) is 5.73 Å². The molecule has 0 amide bonds. The van der Waals surface area contributed by atoms with Crippen LogP contribution in [0.2, 0.25) is 0 Å². The fourth-order valence-electron chi connectivity index (χ4n) is 1.67. The smallest absolute Gasteiger partial charge is 0.0329 e. The van der Waals surface area contributed by atoms with Crippen molar-refractivity contribution in [3.8, 4) is 0 Å².